The second-order valence-electron chi connectivity index (χ2n) is 7.79. The quantitative estimate of drug-likeness (QED) is 0.664. The SMILES string of the molecule is CC(C)N1C[C@H](C)n2cc(-c3nnc(Cc4ccc(F)cc4F)s3)c(=O)c(O)c2C1=O. The Morgan fingerprint density at radius 3 is 2.68 bits per heavy atom. The molecule has 0 unspecified atom stereocenters. The summed E-state index contributed by atoms with van der Waals surface area (Å²) in [5.74, 6) is -2.39. The standard InChI is InChI=1S/C21H20F2N4O3S/c1-10(2)26-8-11(3)27-9-14(18(28)19(29)17(27)21(26)30)20-25-24-16(31-20)6-12-4-5-13(22)7-15(12)23/h4-5,7,9-11,29H,6,8H2,1-3H3/t11-/m0/s1. The van der Waals surface area contributed by atoms with E-state index in [1.165, 1.54) is 12.3 Å². The van der Waals surface area contributed by atoms with Gasteiger partial charge in [-0.05, 0) is 32.4 Å². The molecule has 1 atom stereocenters. The molecule has 162 valence electrons. The lowest BCUT2D eigenvalue weighted by Crippen LogP contribution is -2.46. The summed E-state index contributed by atoms with van der Waals surface area (Å²) in [6.07, 6.45) is 1.60. The molecule has 4 rings (SSSR count). The van der Waals surface area contributed by atoms with Gasteiger partial charge < -0.3 is 14.6 Å². The van der Waals surface area contributed by atoms with Crippen LogP contribution in [0.15, 0.2) is 29.2 Å². The fourth-order valence-corrected chi connectivity index (χ4v) is 4.50. The number of halogens is 2. The van der Waals surface area contributed by atoms with E-state index in [1.54, 1.807) is 9.47 Å². The summed E-state index contributed by atoms with van der Waals surface area (Å²) in [6, 6.07) is 3.05. The van der Waals surface area contributed by atoms with Crippen LogP contribution in [0.25, 0.3) is 10.6 Å². The van der Waals surface area contributed by atoms with Crippen molar-refractivity contribution < 1.29 is 18.7 Å². The van der Waals surface area contributed by atoms with Crippen molar-refractivity contribution in [3.8, 4) is 16.3 Å². The Kier molecular flexibility index (Phi) is 5.34. The monoisotopic (exact) mass is 446 g/mol. The Hall–Kier alpha value is -3.14. The minimum atomic E-state index is -0.715. The number of rotatable bonds is 4. The largest absolute Gasteiger partial charge is 0.503 e. The van der Waals surface area contributed by atoms with Crippen LogP contribution in [0, 0.1) is 11.6 Å². The third kappa shape index (κ3) is 3.71. The molecule has 1 aromatic carbocycles. The molecule has 0 bridgehead atoms. The molecule has 0 fully saturated rings. The van der Waals surface area contributed by atoms with Crippen molar-refractivity contribution in [1.29, 1.82) is 0 Å². The van der Waals surface area contributed by atoms with Crippen LogP contribution in [-0.2, 0) is 6.42 Å². The normalized spacial score (nSPS) is 16.1. The number of aromatic nitrogens is 3. The Morgan fingerprint density at radius 1 is 1.26 bits per heavy atom. The second kappa shape index (κ2) is 7.84. The summed E-state index contributed by atoms with van der Waals surface area (Å²) >= 11 is 1.07. The van der Waals surface area contributed by atoms with Crippen molar-refractivity contribution in [2.24, 2.45) is 0 Å². The Labute approximate surface area is 180 Å². The molecular weight excluding hydrogens is 426 g/mol. The van der Waals surface area contributed by atoms with Crippen LogP contribution in [0.5, 0.6) is 5.75 Å². The number of amides is 1. The van der Waals surface area contributed by atoms with Gasteiger partial charge >= 0.3 is 0 Å². The first-order chi connectivity index (χ1) is 14.7. The highest BCUT2D eigenvalue weighted by molar-refractivity contribution is 7.14. The molecular formula is C21H20F2N4O3S. The van der Waals surface area contributed by atoms with Crippen molar-refractivity contribution in [3.05, 3.63) is 62.5 Å². The minimum absolute atomic E-state index is 0.0423. The zero-order valence-electron chi connectivity index (χ0n) is 17.1. The van der Waals surface area contributed by atoms with Gasteiger partial charge in [-0.1, -0.05) is 17.4 Å². The number of pyridine rings is 1. The maximum Gasteiger partial charge on any atom is 0.274 e. The van der Waals surface area contributed by atoms with Crippen LogP contribution in [0.4, 0.5) is 8.78 Å². The van der Waals surface area contributed by atoms with Crippen molar-refractivity contribution in [1.82, 2.24) is 19.7 Å². The van der Waals surface area contributed by atoms with Gasteiger partial charge in [0.2, 0.25) is 5.43 Å². The van der Waals surface area contributed by atoms with E-state index >= 15 is 0 Å². The molecule has 0 aliphatic carbocycles. The Balaban J connectivity index is 1.72. The van der Waals surface area contributed by atoms with Gasteiger partial charge in [0.15, 0.2) is 16.5 Å². The molecule has 0 radical (unpaired) electrons. The fourth-order valence-electron chi connectivity index (χ4n) is 3.63. The fraction of sp³-hybridized carbons (Fsp3) is 0.333. The van der Waals surface area contributed by atoms with E-state index in [0.717, 1.165) is 23.5 Å². The maximum absolute atomic E-state index is 13.9. The third-order valence-corrected chi connectivity index (χ3v) is 6.24. The van der Waals surface area contributed by atoms with Gasteiger partial charge in [0.25, 0.3) is 5.91 Å². The Morgan fingerprint density at radius 2 is 2.00 bits per heavy atom. The number of carbonyl (C=O) groups excluding carboxylic acids is 1. The number of aromatic hydroxyl groups is 1. The van der Waals surface area contributed by atoms with E-state index in [9.17, 15) is 23.5 Å². The zero-order chi connectivity index (χ0) is 22.4. The number of hydrogen-bond acceptors (Lipinski definition) is 6. The van der Waals surface area contributed by atoms with Crippen molar-refractivity contribution in [3.63, 3.8) is 0 Å². The smallest absolute Gasteiger partial charge is 0.274 e. The lowest BCUT2D eigenvalue weighted by Gasteiger charge is -2.37. The average molecular weight is 446 g/mol. The third-order valence-electron chi connectivity index (χ3n) is 5.29. The van der Waals surface area contributed by atoms with Crippen LogP contribution in [0.2, 0.25) is 0 Å². The van der Waals surface area contributed by atoms with Crippen LogP contribution >= 0.6 is 11.3 Å². The molecule has 3 aromatic rings. The summed E-state index contributed by atoms with van der Waals surface area (Å²) in [6.45, 7) is 6.07. The van der Waals surface area contributed by atoms with E-state index in [-0.39, 0.29) is 40.3 Å². The number of fused-ring (bicyclic) bond motifs is 1. The first-order valence-electron chi connectivity index (χ1n) is 9.73. The van der Waals surface area contributed by atoms with E-state index in [4.69, 9.17) is 0 Å². The molecule has 1 aliphatic heterocycles. The summed E-state index contributed by atoms with van der Waals surface area (Å²) in [4.78, 5) is 27.2. The van der Waals surface area contributed by atoms with Gasteiger partial charge in [-0.2, -0.15) is 0 Å². The first kappa shape index (κ1) is 21.1. The lowest BCUT2D eigenvalue weighted by molar-refractivity contribution is 0.0608. The summed E-state index contributed by atoms with van der Waals surface area (Å²) < 4.78 is 28.6. The number of nitrogens with zero attached hydrogens (tertiary/aromatic N) is 4. The summed E-state index contributed by atoms with van der Waals surface area (Å²) in [7, 11) is 0. The average Bonchev–Trinajstić information content (AvgIpc) is 3.17. The molecule has 1 aliphatic rings. The van der Waals surface area contributed by atoms with Crippen LogP contribution in [0.1, 0.15) is 47.9 Å². The van der Waals surface area contributed by atoms with E-state index in [0.29, 0.717) is 11.6 Å². The molecule has 3 heterocycles. The molecule has 0 saturated heterocycles. The number of hydrogen-bond donors (Lipinski definition) is 1. The van der Waals surface area contributed by atoms with Crippen molar-refractivity contribution in [2.45, 2.75) is 39.3 Å². The van der Waals surface area contributed by atoms with Gasteiger partial charge in [0.05, 0.1) is 5.56 Å². The Bertz CT molecular complexity index is 1240. The van der Waals surface area contributed by atoms with Crippen molar-refractivity contribution >= 4 is 17.2 Å². The van der Waals surface area contributed by atoms with Gasteiger partial charge in [0, 0.05) is 37.3 Å². The van der Waals surface area contributed by atoms with Crippen LogP contribution in [0.3, 0.4) is 0 Å². The molecule has 1 N–H and O–H groups in total. The number of benzene rings is 1. The van der Waals surface area contributed by atoms with E-state index in [2.05, 4.69) is 10.2 Å². The summed E-state index contributed by atoms with van der Waals surface area (Å²) in [5, 5.41) is 19.3. The van der Waals surface area contributed by atoms with Gasteiger partial charge in [-0.3, -0.25) is 9.59 Å². The molecule has 2 aromatic heterocycles. The topological polar surface area (TPSA) is 88.3 Å². The highest BCUT2D eigenvalue weighted by atomic mass is 32.1. The van der Waals surface area contributed by atoms with Gasteiger partial charge in [0.1, 0.15) is 16.6 Å². The molecule has 1 amide bonds. The molecule has 0 saturated carbocycles. The van der Waals surface area contributed by atoms with Crippen LogP contribution in [-0.4, -0.2) is 43.3 Å². The molecule has 31 heavy (non-hydrogen) atoms. The van der Waals surface area contributed by atoms with Crippen LogP contribution < -0.4 is 5.43 Å². The molecule has 7 nitrogen and oxygen atoms in total. The lowest BCUT2D eigenvalue weighted by atomic mass is 10.1. The highest BCUT2D eigenvalue weighted by Crippen LogP contribution is 2.31. The van der Waals surface area contributed by atoms with E-state index < -0.39 is 28.7 Å². The predicted molar refractivity (Wildman–Crippen MR) is 111 cm³/mol. The molecule has 10 heteroatoms. The minimum Gasteiger partial charge on any atom is -0.503 e. The first-order valence-corrected chi connectivity index (χ1v) is 10.5. The highest BCUT2D eigenvalue weighted by Gasteiger charge is 2.34. The second-order valence-corrected chi connectivity index (χ2v) is 8.85. The number of carbonyl (C=O) groups is 1. The van der Waals surface area contributed by atoms with Crippen molar-refractivity contribution in [2.75, 3.05) is 6.54 Å². The predicted octanol–water partition coefficient (Wildman–Crippen LogP) is 3.37. The molecule has 0 spiro atoms. The van der Waals surface area contributed by atoms with Gasteiger partial charge in [-0.25, -0.2) is 8.78 Å². The van der Waals surface area contributed by atoms with Gasteiger partial charge in [-0.15, -0.1) is 10.2 Å². The van der Waals surface area contributed by atoms with E-state index in [1.807, 2.05) is 20.8 Å². The zero-order valence-corrected chi connectivity index (χ0v) is 17.9. The summed E-state index contributed by atoms with van der Waals surface area (Å²) in [5.41, 5.74) is -0.392. The maximum atomic E-state index is 13.9.